The fourth-order valence-electron chi connectivity index (χ4n) is 0.364. The molecule has 0 heterocycles. The van der Waals surface area contributed by atoms with Gasteiger partial charge in [-0.3, -0.25) is 4.57 Å². The Labute approximate surface area is 82.7 Å². The topological polar surface area (TPSA) is 89.8 Å². The molecule has 10 heavy (non-hydrogen) atoms. The minimum Gasteiger partial charge on any atom is -1.00 e. The van der Waals surface area contributed by atoms with E-state index in [-0.39, 0.29) is 50.1 Å². The van der Waals surface area contributed by atoms with Crippen molar-refractivity contribution in [1.29, 1.82) is 0 Å². The van der Waals surface area contributed by atoms with Gasteiger partial charge < -0.3 is 16.4 Å². The first kappa shape index (κ1) is 13.6. The molecule has 0 rings (SSSR count). The minimum absolute atomic E-state index is 0. The number of hydrogen-bond donors (Lipinski definition) is 4. The van der Waals surface area contributed by atoms with Crippen LogP contribution in [0.2, 0.25) is 0 Å². The number of hydrogen-bond acceptors (Lipinski definition) is 3. The molecule has 0 atom stereocenters. The molecule has 7 heteroatoms. The van der Waals surface area contributed by atoms with Crippen molar-refractivity contribution < 1.29 is 50.5 Å². The predicted molar refractivity (Wildman–Crippen MR) is 32.4 cm³/mol. The molecule has 58 valence electrons. The van der Waals surface area contributed by atoms with Crippen LogP contribution in [0.1, 0.15) is 7.85 Å². The summed E-state index contributed by atoms with van der Waals surface area (Å²) in [6.07, 6.45) is 0.0985. The Hall–Kier alpha value is 1.07. The molecule has 0 aliphatic rings. The SMILES string of the molecule is O=P(O)(O)CCCNO.[H-].[Na+]. The van der Waals surface area contributed by atoms with Crippen LogP contribution in [0.3, 0.4) is 0 Å². The normalized spacial score (nSPS) is 10.7. The molecule has 0 saturated heterocycles. The Balaban J connectivity index is -0.000000320. The van der Waals surface area contributed by atoms with Gasteiger partial charge in [0, 0.05) is 6.54 Å². The van der Waals surface area contributed by atoms with Gasteiger partial charge in [0.25, 0.3) is 0 Å². The van der Waals surface area contributed by atoms with Gasteiger partial charge in [-0.2, -0.15) is 0 Å². The second-order valence-corrected chi connectivity index (χ2v) is 3.43. The Morgan fingerprint density at radius 1 is 1.50 bits per heavy atom. The van der Waals surface area contributed by atoms with Crippen LogP contribution in [0.5, 0.6) is 0 Å². The van der Waals surface area contributed by atoms with E-state index in [1.165, 1.54) is 0 Å². The van der Waals surface area contributed by atoms with Crippen molar-refractivity contribution in [1.82, 2.24) is 5.48 Å². The van der Waals surface area contributed by atoms with E-state index >= 15 is 0 Å². The summed E-state index contributed by atoms with van der Waals surface area (Å²) in [5.74, 6) is 0. The van der Waals surface area contributed by atoms with Crippen molar-refractivity contribution in [3.63, 3.8) is 0 Å². The van der Waals surface area contributed by atoms with Crippen molar-refractivity contribution in [2.24, 2.45) is 0 Å². The Morgan fingerprint density at radius 2 is 2.00 bits per heavy atom. The van der Waals surface area contributed by atoms with Crippen LogP contribution in [-0.4, -0.2) is 27.7 Å². The van der Waals surface area contributed by atoms with Crippen LogP contribution in [0.25, 0.3) is 0 Å². The molecule has 0 aromatic heterocycles. The summed E-state index contributed by atoms with van der Waals surface area (Å²) in [5.41, 5.74) is 1.80. The van der Waals surface area contributed by atoms with Crippen molar-refractivity contribution in [3.05, 3.63) is 0 Å². The van der Waals surface area contributed by atoms with E-state index in [1.807, 2.05) is 0 Å². The van der Waals surface area contributed by atoms with Crippen LogP contribution in [0.4, 0.5) is 0 Å². The van der Waals surface area contributed by atoms with E-state index in [2.05, 4.69) is 0 Å². The fraction of sp³-hybridized carbons (Fsp3) is 1.00. The molecule has 0 radical (unpaired) electrons. The molecule has 0 unspecified atom stereocenters. The van der Waals surface area contributed by atoms with Crippen LogP contribution in [-0.2, 0) is 4.57 Å². The smallest absolute Gasteiger partial charge is 1.00 e. The maximum absolute atomic E-state index is 10.1. The maximum atomic E-state index is 10.1. The molecule has 0 amide bonds. The average Bonchev–Trinajstić information content (AvgIpc) is 1.63. The van der Waals surface area contributed by atoms with Crippen molar-refractivity contribution in [2.75, 3.05) is 12.7 Å². The van der Waals surface area contributed by atoms with Gasteiger partial charge in [0.15, 0.2) is 0 Å². The van der Waals surface area contributed by atoms with Crippen molar-refractivity contribution in [3.8, 4) is 0 Å². The molecular formula is C3H11NNaO4P. The minimum atomic E-state index is -3.85. The molecule has 0 aliphatic heterocycles. The van der Waals surface area contributed by atoms with E-state index in [1.54, 1.807) is 5.48 Å². The van der Waals surface area contributed by atoms with E-state index < -0.39 is 7.60 Å². The number of rotatable bonds is 4. The first-order valence-electron chi connectivity index (χ1n) is 2.48. The Morgan fingerprint density at radius 3 is 2.30 bits per heavy atom. The standard InChI is InChI=1S/C3H10NO4P.Na.H/c5-4-2-1-3-9(6,7)8;;/h4-5H,1-3H2,(H2,6,7,8);;/q;+1;-1. The van der Waals surface area contributed by atoms with Crippen LogP contribution >= 0.6 is 7.60 Å². The second kappa shape index (κ2) is 6.76. The summed E-state index contributed by atoms with van der Waals surface area (Å²) < 4.78 is 10.1. The van der Waals surface area contributed by atoms with Gasteiger partial charge in [-0.1, -0.05) is 0 Å². The third-order valence-electron chi connectivity index (χ3n) is 0.738. The fourth-order valence-corrected chi connectivity index (χ4v) is 0.934. The molecule has 0 aromatic carbocycles. The maximum Gasteiger partial charge on any atom is 1.00 e. The van der Waals surface area contributed by atoms with Gasteiger partial charge in [0.05, 0.1) is 6.16 Å². The molecule has 5 nitrogen and oxygen atoms in total. The molecular weight excluding hydrogens is 168 g/mol. The third-order valence-corrected chi connectivity index (χ3v) is 1.64. The van der Waals surface area contributed by atoms with E-state index in [0.717, 1.165) is 0 Å². The zero-order chi connectivity index (χ0) is 7.33. The largest absolute Gasteiger partial charge is 1.00 e. The Kier molecular flexibility index (Phi) is 9.22. The third kappa shape index (κ3) is 11.8. The average molecular weight is 179 g/mol. The van der Waals surface area contributed by atoms with Crippen molar-refractivity contribution >= 4 is 7.60 Å². The van der Waals surface area contributed by atoms with Gasteiger partial charge in [0.1, 0.15) is 0 Å². The molecule has 4 N–H and O–H groups in total. The summed E-state index contributed by atoms with van der Waals surface area (Å²) in [6, 6.07) is 0. The quantitative estimate of drug-likeness (QED) is 0.157. The molecule has 0 saturated carbocycles. The summed E-state index contributed by atoms with van der Waals surface area (Å²) in [7, 11) is -3.85. The Bertz CT molecular complexity index is 120. The monoisotopic (exact) mass is 179 g/mol. The summed E-state index contributed by atoms with van der Waals surface area (Å²) >= 11 is 0. The second-order valence-electron chi connectivity index (χ2n) is 1.65. The molecule has 0 aliphatic carbocycles. The van der Waals surface area contributed by atoms with Gasteiger partial charge in [-0.25, -0.2) is 5.48 Å². The van der Waals surface area contributed by atoms with E-state index in [0.29, 0.717) is 0 Å². The van der Waals surface area contributed by atoms with Crippen LogP contribution in [0, 0.1) is 0 Å². The first-order chi connectivity index (χ1) is 4.06. The number of hydroxylamine groups is 1. The van der Waals surface area contributed by atoms with Crippen LogP contribution < -0.4 is 35.0 Å². The van der Waals surface area contributed by atoms with Gasteiger partial charge in [0.2, 0.25) is 0 Å². The summed E-state index contributed by atoms with van der Waals surface area (Å²) in [5, 5.41) is 7.96. The van der Waals surface area contributed by atoms with Crippen LogP contribution in [0.15, 0.2) is 0 Å². The van der Waals surface area contributed by atoms with Gasteiger partial charge >= 0.3 is 37.2 Å². The molecule has 0 spiro atoms. The zero-order valence-electron chi connectivity index (χ0n) is 6.82. The van der Waals surface area contributed by atoms with E-state index in [9.17, 15) is 4.57 Å². The van der Waals surface area contributed by atoms with E-state index in [4.69, 9.17) is 15.0 Å². The zero-order valence-corrected chi connectivity index (χ0v) is 8.71. The first-order valence-corrected chi connectivity index (χ1v) is 4.27. The molecule has 0 aromatic rings. The summed E-state index contributed by atoms with van der Waals surface area (Å²) in [6.45, 7) is 0.213. The predicted octanol–water partition coefficient (Wildman–Crippen LogP) is -3.35. The van der Waals surface area contributed by atoms with Gasteiger partial charge in [-0.15, -0.1) is 0 Å². The molecule has 0 bridgehead atoms. The summed E-state index contributed by atoms with van der Waals surface area (Å²) in [4.78, 5) is 16.5. The van der Waals surface area contributed by atoms with Gasteiger partial charge in [-0.05, 0) is 6.42 Å². The number of nitrogens with one attached hydrogen (secondary N) is 1. The van der Waals surface area contributed by atoms with Crippen molar-refractivity contribution in [2.45, 2.75) is 6.42 Å². The molecule has 0 fully saturated rings.